The fourth-order valence-electron chi connectivity index (χ4n) is 2.95. The number of carbonyl (C=O) groups excluding carboxylic acids is 1. The molecule has 1 aromatic carbocycles. The molecule has 2 N–H and O–H groups in total. The van der Waals surface area contributed by atoms with Gasteiger partial charge in [-0.2, -0.15) is 0 Å². The van der Waals surface area contributed by atoms with E-state index in [4.69, 9.17) is 0 Å². The van der Waals surface area contributed by atoms with E-state index in [1.807, 2.05) is 6.07 Å². The zero-order valence-corrected chi connectivity index (χ0v) is 12.4. The van der Waals surface area contributed by atoms with Crippen LogP contribution >= 0.6 is 0 Å². The van der Waals surface area contributed by atoms with Gasteiger partial charge in [-0.1, -0.05) is 37.3 Å². The molecule has 1 aromatic rings. The fourth-order valence-corrected chi connectivity index (χ4v) is 2.95. The molecular formula is C16H25N3O. The maximum atomic E-state index is 12.1. The Bertz CT molecular complexity index is 421. The van der Waals surface area contributed by atoms with Gasteiger partial charge in [0.2, 0.25) is 5.91 Å². The van der Waals surface area contributed by atoms with Crippen LogP contribution in [0.25, 0.3) is 0 Å². The van der Waals surface area contributed by atoms with Crippen molar-refractivity contribution < 1.29 is 4.79 Å². The summed E-state index contributed by atoms with van der Waals surface area (Å²) in [6.45, 7) is 4.84. The topological polar surface area (TPSA) is 44.4 Å². The van der Waals surface area contributed by atoms with E-state index in [1.165, 1.54) is 5.56 Å². The molecule has 1 aliphatic rings. The highest BCUT2D eigenvalue weighted by atomic mass is 16.2. The Morgan fingerprint density at radius 3 is 2.85 bits per heavy atom. The molecule has 0 radical (unpaired) electrons. The Hall–Kier alpha value is -1.39. The monoisotopic (exact) mass is 275 g/mol. The first-order valence-corrected chi connectivity index (χ1v) is 7.48. The van der Waals surface area contributed by atoms with Gasteiger partial charge in [0.05, 0.1) is 0 Å². The molecule has 0 aliphatic carbocycles. The van der Waals surface area contributed by atoms with Crippen LogP contribution in [0, 0.1) is 0 Å². The minimum Gasteiger partial charge on any atom is -0.358 e. The second-order valence-electron chi connectivity index (χ2n) is 5.32. The fraction of sp³-hybridized carbons (Fsp3) is 0.562. The van der Waals surface area contributed by atoms with Crippen molar-refractivity contribution in [2.45, 2.75) is 31.8 Å². The molecule has 110 valence electrons. The van der Waals surface area contributed by atoms with Gasteiger partial charge < -0.3 is 10.6 Å². The number of likely N-dealkylation sites (N-methyl/N-ethyl adjacent to an activating group) is 1. The average Bonchev–Trinajstić information content (AvgIpc) is 2.53. The van der Waals surface area contributed by atoms with E-state index >= 15 is 0 Å². The van der Waals surface area contributed by atoms with Crippen molar-refractivity contribution in [2.75, 3.05) is 26.7 Å². The van der Waals surface area contributed by atoms with Crippen molar-refractivity contribution in [3.63, 3.8) is 0 Å². The van der Waals surface area contributed by atoms with Crippen LogP contribution in [0.15, 0.2) is 30.3 Å². The van der Waals surface area contributed by atoms with Crippen molar-refractivity contribution in [1.82, 2.24) is 15.5 Å². The number of amides is 1. The lowest BCUT2D eigenvalue weighted by atomic mass is 9.99. The third-order valence-electron chi connectivity index (χ3n) is 4.09. The Morgan fingerprint density at radius 1 is 1.45 bits per heavy atom. The molecule has 4 nitrogen and oxygen atoms in total. The third kappa shape index (κ3) is 3.58. The quantitative estimate of drug-likeness (QED) is 0.843. The SMILES string of the molecule is CCC(Cc1ccccc1)N1CCNCC1C(=O)NC. The molecule has 0 bridgehead atoms. The van der Waals surface area contributed by atoms with Crippen LogP contribution in [-0.2, 0) is 11.2 Å². The highest BCUT2D eigenvalue weighted by Gasteiger charge is 2.32. The number of rotatable bonds is 5. The summed E-state index contributed by atoms with van der Waals surface area (Å²) in [5.74, 6) is 0.115. The van der Waals surface area contributed by atoms with Gasteiger partial charge in [0, 0.05) is 32.7 Å². The largest absolute Gasteiger partial charge is 0.358 e. The predicted octanol–water partition coefficient (Wildman–Crippen LogP) is 1.03. The Balaban J connectivity index is 2.09. The van der Waals surface area contributed by atoms with E-state index in [2.05, 4.69) is 46.7 Å². The summed E-state index contributed by atoms with van der Waals surface area (Å²) >= 11 is 0. The summed E-state index contributed by atoms with van der Waals surface area (Å²) in [6, 6.07) is 10.9. The van der Waals surface area contributed by atoms with E-state index in [0.717, 1.165) is 32.5 Å². The van der Waals surface area contributed by atoms with Crippen LogP contribution in [0.2, 0.25) is 0 Å². The first-order valence-electron chi connectivity index (χ1n) is 7.48. The molecule has 2 rings (SSSR count). The van der Waals surface area contributed by atoms with Crippen LogP contribution in [-0.4, -0.2) is 49.6 Å². The minimum atomic E-state index is -0.0533. The number of nitrogens with one attached hydrogen (secondary N) is 2. The van der Waals surface area contributed by atoms with Crippen molar-refractivity contribution in [3.05, 3.63) is 35.9 Å². The van der Waals surface area contributed by atoms with Gasteiger partial charge in [-0.3, -0.25) is 9.69 Å². The molecule has 0 aromatic heterocycles. The number of piperazine rings is 1. The average molecular weight is 275 g/mol. The third-order valence-corrected chi connectivity index (χ3v) is 4.09. The number of hydrogen-bond acceptors (Lipinski definition) is 3. The van der Waals surface area contributed by atoms with Gasteiger partial charge in [-0.05, 0) is 18.4 Å². The lowest BCUT2D eigenvalue weighted by Gasteiger charge is -2.40. The summed E-state index contributed by atoms with van der Waals surface area (Å²) in [6.07, 6.45) is 2.06. The zero-order valence-electron chi connectivity index (χ0n) is 12.4. The Morgan fingerprint density at radius 2 is 2.20 bits per heavy atom. The summed E-state index contributed by atoms with van der Waals surface area (Å²) in [5.41, 5.74) is 1.34. The van der Waals surface area contributed by atoms with Gasteiger partial charge in [0.1, 0.15) is 6.04 Å². The van der Waals surface area contributed by atoms with E-state index < -0.39 is 0 Å². The molecular weight excluding hydrogens is 250 g/mol. The van der Waals surface area contributed by atoms with Crippen LogP contribution in [0.3, 0.4) is 0 Å². The number of hydrogen-bond donors (Lipinski definition) is 2. The van der Waals surface area contributed by atoms with Crippen molar-refractivity contribution >= 4 is 5.91 Å². The zero-order chi connectivity index (χ0) is 14.4. The highest BCUT2D eigenvalue weighted by Crippen LogP contribution is 2.16. The molecule has 2 unspecified atom stereocenters. The van der Waals surface area contributed by atoms with Crippen molar-refractivity contribution in [2.24, 2.45) is 0 Å². The highest BCUT2D eigenvalue weighted by molar-refractivity contribution is 5.81. The summed E-state index contributed by atoms with van der Waals surface area (Å²) in [5, 5.41) is 6.11. The number of carbonyl (C=O) groups is 1. The lowest BCUT2D eigenvalue weighted by Crippen LogP contribution is -2.60. The molecule has 1 saturated heterocycles. The Kier molecular flexibility index (Phi) is 5.56. The molecule has 1 aliphatic heterocycles. The first kappa shape index (κ1) is 15.0. The summed E-state index contributed by atoms with van der Waals surface area (Å²) < 4.78 is 0. The van der Waals surface area contributed by atoms with Crippen molar-refractivity contribution in [3.8, 4) is 0 Å². The molecule has 1 fully saturated rings. The number of benzene rings is 1. The van der Waals surface area contributed by atoms with Crippen molar-refractivity contribution in [1.29, 1.82) is 0 Å². The standard InChI is InChI=1S/C16H25N3O/c1-3-14(11-13-7-5-4-6-8-13)19-10-9-18-12-15(19)16(20)17-2/h4-8,14-15,18H,3,9-12H2,1-2H3,(H,17,20). The number of nitrogens with zero attached hydrogens (tertiary/aromatic N) is 1. The maximum absolute atomic E-state index is 12.1. The maximum Gasteiger partial charge on any atom is 0.238 e. The van der Waals surface area contributed by atoms with Crippen LogP contribution in [0.4, 0.5) is 0 Å². The smallest absolute Gasteiger partial charge is 0.238 e. The van der Waals surface area contributed by atoms with Crippen LogP contribution < -0.4 is 10.6 Å². The second kappa shape index (κ2) is 7.41. The van der Waals surface area contributed by atoms with E-state index in [1.54, 1.807) is 7.05 Å². The molecule has 1 amide bonds. The molecule has 0 saturated carbocycles. The lowest BCUT2D eigenvalue weighted by molar-refractivity contribution is -0.127. The molecule has 2 atom stereocenters. The predicted molar refractivity (Wildman–Crippen MR) is 81.7 cm³/mol. The van der Waals surface area contributed by atoms with Gasteiger partial charge in [0.15, 0.2) is 0 Å². The van der Waals surface area contributed by atoms with E-state index in [0.29, 0.717) is 6.04 Å². The van der Waals surface area contributed by atoms with Crippen LogP contribution in [0.1, 0.15) is 18.9 Å². The molecule has 4 heteroatoms. The summed E-state index contributed by atoms with van der Waals surface area (Å²) in [7, 11) is 1.72. The second-order valence-corrected chi connectivity index (χ2v) is 5.32. The molecule has 1 heterocycles. The van der Waals surface area contributed by atoms with Gasteiger partial charge in [0.25, 0.3) is 0 Å². The Labute approximate surface area is 121 Å². The van der Waals surface area contributed by atoms with Crippen LogP contribution in [0.5, 0.6) is 0 Å². The summed E-state index contributed by atoms with van der Waals surface area (Å²) in [4.78, 5) is 14.4. The molecule has 0 spiro atoms. The van der Waals surface area contributed by atoms with Gasteiger partial charge >= 0.3 is 0 Å². The minimum absolute atomic E-state index is 0.0533. The molecule has 20 heavy (non-hydrogen) atoms. The normalized spacial score (nSPS) is 21.4. The first-order chi connectivity index (χ1) is 9.76. The van der Waals surface area contributed by atoms with E-state index in [-0.39, 0.29) is 11.9 Å². The van der Waals surface area contributed by atoms with Gasteiger partial charge in [-0.25, -0.2) is 0 Å². The van der Waals surface area contributed by atoms with Gasteiger partial charge in [-0.15, -0.1) is 0 Å². The van der Waals surface area contributed by atoms with E-state index in [9.17, 15) is 4.79 Å².